The molecule has 0 bridgehead atoms. The SMILES string of the molecule is C=C/C(=C\C(=C/C)C/C=N/N(/C=C\C=O)C/C=N\N(CC)CC)NC=O.CC.COCCOC. The van der Waals surface area contributed by atoms with Crippen LogP contribution in [0.15, 0.2) is 58.6 Å². The summed E-state index contributed by atoms with van der Waals surface area (Å²) >= 11 is 0. The van der Waals surface area contributed by atoms with Crippen LogP contribution in [0.5, 0.6) is 0 Å². The van der Waals surface area contributed by atoms with Gasteiger partial charge in [-0.15, -0.1) is 0 Å². The van der Waals surface area contributed by atoms with Gasteiger partial charge in [-0.3, -0.25) is 19.6 Å². The number of ether oxygens (including phenoxy) is 2. The summed E-state index contributed by atoms with van der Waals surface area (Å²) in [5.41, 5.74) is 1.58. The maximum absolute atomic E-state index is 10.6. The van der Waals surface area contributed by atoms with Gasteiger partial charge in [-0.05, 0) is 44.6 Å². The number of aldehydes is 1. The van der Waals surface area contributed by atoms with Gasteiger partial charge < -0.3 is 14.8 Å². The maximum atomic E-state index is 10.6. The van der Waals surface area contributed by atoms with Gasteiger partial charge >= 0.3 is 0 Å². The third-order valence-corrected chi connectivity index (χ3v) is 3.79. The highest BCUT2D eigenvalue weighted by Crippen LogP contribution is 2.05. The van der Waals surface area contributed by atoms with Gasteiger partial charge in [0.25, 0.3) is 0 Å². The molecule has 0 spiro atoms. The lowest BCUT2D eigenvalue weighted by Crippen LogP contribution is -2.19. The van der Waals surface area contributed by atoms with E-state index in [1.54, 1.807) is 43.9 Å². The smallest absolute Gasteiger partial charge is 0.211 e. The number of carbonyl (C=O) groups is 2. The number of hydrogen-bond acceptors (Lipinski definition) is 8. The Morgan fingerprint density at radius 3 is 2.09 bits per heavy atom. The van der Waals surface area contributed by atoms with E-state index >= 15 is 0 Å². The van der Waals surface area contributed by atoms with Gasteiger partial charge in [0.05, 0.1) is 19.8 Å². The van der Waals surface area contributed by atoms with Gasteiger partial charge in [-0.1, -0.05) is 26.5 Å². The van der Waals surface area contributed by atoms with Crippen molar-refractivity contribution < 1.29 is 19.1 Å². The minimum atomic E-state index is 0.447. The number of amides is 1. The quantitative estimate of drug-likeness (QED) is 0.0852. The van der Waals surface area contributed by atoms with Crippen LogP contribution in [-0.4, -0.2) is 82.2 Å². The molecule has 9 heteroatoms. The number of allylic oxidation sites excluding steroid dienone is 5. The number of hydrazone groups is 2. The molecular weight excluding hydrogens is 434 g/mol. The molecule has 0 saturated carbocycles. The number of hydrogen-bond donors (Lipinski definition) is 1. The molecule has 0 aromatic heterocycles. The summed E-state index contributed by atoms with van der Waals surface area (Å²) in [7, 11) is 3.30. The predicted octanol–water partition coefficient (Wildman–Crippen LogP) is 3.77. The van der Waals surface area contributed by atoms with Crippen molar-refractivity contribution in [1.29, 1.82) is 0 Å². The first kappa shape index (κ1) is 35.5. The summed E-state index contributed by atoms with van der Waals surface area (Å²) in [6.07, 6.45) is 13.6. The van der Waals surface area contributed by atoms with Gasteiger partial charge in [-0.2, -0.15) is 10.2 Å². The Morgan fingerprint density at radius 1 is 1.03 bits per heavy atom. The molecular formula is C25H45N5O4. The first-order chi connectivity index (χ1) is 16.6. The molecule has 0 fully saturated rings. The number of nitrogens with zero attached hydrogens (tertiary/aromatic N) is 4. The van der Waals surface area contributed by atoms with Crippen LogP contribution in [0.3, 0.4) is 0 Å². The summed E-state index contributed by atoms with van der Waals surface area (Å²) < 4.78 is 9.31. The molecule has 34 heavy (non-hydrogen) atoms. The van der Waals surface area contributed by atoms with Gasteiger partial charge in [0, 0.05) is 58.1 Å². The van der Waals surface area contributed by atoms with Crippen molar-refractivity contribution in [3.63, 3.8) is 0 Å². The second-order valence-electron chi connectivity index (χ2n) is 5.95. The predicted molar refractivity (Wildman–Crippen MR) is 143 cm³/mol. The first-order valence-corrected chi connectivity index (χ1v) is 11.4. The molecule has 0 aliphatic heterocycles. The van der Waals surface area contributed by atoms with Crippen molar-refractivity contribution in [2.75, 3.05) is 47.1 Å². The van der Waals surface area contributed by atoms with Gasteiger partial charge in [0.15, 0.2) is 0 Å². The van der Waals surface area contributed by atoms with Crippen LogP contribution in [0.1, 0.15) is 41.0 Å². The molecule has 0 radical (unpaired) electrons. The Morgan fingerprint density at radius 2 is 1.65 bits per heavy atom. The van der Waals surface area contributed by atoms with Crippen molar-refractivity contribution in [3.05, 3.63) is 48.4 Å². The largest absolute Gasteiger partial charge is 0.382 e. The third-order valence-electron chi connectivity index (χ3n) is 3.79. The highest BCUT2D eigenvalue weighted by molar-refractivity contribution is 5.66. The second kappa shape index (κ2) is 30.0. The van der Waals surface area contributed by atoms with Gasteiger partial charge in [0.2, 0.25) is 6.41 Å². The van der Waals surface area contributed by atoms with Crippen LogP contribution in [0, 0.1) is 0 Å². The highest BCUT2D eigenvalue weighted by atomic mass is 16.5. The summed E-state index contributed by atoms with van der Waals surface area (Å²) in [6.45, 7) is 17.1. The number of rotatable bonds is 17. The van der Waals surface area contributed by atoms with Crippen molar-refractivity contribution in [2.45, 2.75) is 41.0 Å². The lowest BCUT2D eigenvalue weighted by atomic mass is 10.1. The van der Waals surface area contributed by atoms with Crippen LogP contribution in [-0.2, 0) is 19.1 Å². The van der Waals surface area contributed by atoms with Crippen LogP contribution < -0.4 is 5.32 Å². The minimum Gasteiger partial charge on any atom is -0.382 e. The van der Waals surface area contributed by atoms with E-state index in [9.17, 15) is 9.59 Å². The molecule has 0 atom stereocenters. The van der Waals surface area contributed by atoms with E-state index in [1.165, 1.54) is 6.08 Å². The first-order valence-electron chi connectivity index (χ1n) is 11.4. The Bertz CT molecular complexity index is 635. The Balaban J connectivity index is -0.00000103. The molecule has 0 aromatic carbocycles. The van der Waals surface area contributed by atoms with Gasteiger partial charge in [-0.25, -0.2) is 0 Å². The van der Waals surface area contributed by atoms with E-state index in [2.05, 4.69) is 31.6 Å². The fourth-order valence-electron chi connectivity index (χ4n) is 2.01. The van der Waals surface area contributed by atoms with E-state index in [4.69, 9.17) is 0 Å². The van der Waals surface area contributed by atoms with E-state index in [0.29, 0.717) is 44.6 Å². The zero-order valence-electron chi connectivity index (χ0n) is 22.1. The number of methoxy groups -OCH3 is 2. The van der Waals surface area contributed by atoms with E-state index in [0.717, 1.165) is 18.7 Å². The monoisotopic (exact) mass is 479 g/mol. The van der Waals surface area contributed by atoms with Crippen molar-refractivity contribution in [2.24, 2.45) is 10.2 Å². The fraction of sp³-hybridized carbons (Fsp3) is 0.520. The molecule has 0 aromatic rings. The molecule has 0 saturated heterocycles. The lowest BCUT2D eigenvalue weighted by molar-refractivity contribution is -0.109. The molecule has 1 N–H and O–H groups in total. The van der Waals surface area contributed by atoms with E-state index in [-0.39, 0.29) is 0 Å². The minimum absolute atomic E-state index is 0.447. The lowest BCUT2D eigenvalue weighted by Gasteiger charge is -2.15. The Kier molecular flexibility index (Phi) is 31.3. The Labute approximate surface area is 206 Å². The molecule has 0 aliphatic carbocycles. The van der Waals surface area contributed by atoms with Gasteiger partial charge in [0.1, 0.15) is 6.29 Å². The summed E-state index contributed by atoms with van der Waals surface area (Å²) in [4.78, 5) is 21.1. The third kappa shape index (κ3) is 23.6. The topological polar surface area (TPSA) is 95.8 Å². The zero-order chi connectivity index (χ0) is 26.5. The Hall–Kier alpha value is -3.04. The molecule has 0 rings (SSSR count). The average Bonchev–Trinajstić information content (AvgIpc) is 2.88. The van der Waals surface area contributed by atoms with E-state index < -0.39 is 0 Å². The zero-order valence-corrected chi connectivity index (χ0v) is 22.1. The van der Waals surface area contributed by atoms with Crippen LogP contribution >= 0.6 is 0 Å². The molecule has 9 nitrogen and oxygen atoms in total. The average molecular weight is 480 g/mol. The highest BCUT2D eigenvalue weighted by Gasteiger charge is 1.97. The fourth-order valence-corrected chi connectivity index (χ4v) is 2.01. The van der Waals surface area contributed by atoms with Crippen molar-refractivity contribution >= 4 is 25.1 Å². The molecule has 194 valence electrons. The second-order valence-corrected chi connectivity index (χ2v) is 5.95. The molecule has 0 aliphatic rings. The molecule has 1 amide bonds. The summed E-state index contributed by atoms with van der Waals surface area (Å²) in [6, 6.07) is 0. The maximum Gasteiger partial charge on any atom is 0.211 e. The normalized spacial score (nSPS) is 11.5. The number of nitrogens with one attached hydrogen (secondary N) is 1. The van der Waals surface area contributed by atoms with Crippen molar-refractivity contribution in [3.8, 4) is 0 Å². The van der Waals surface area contributed by atoms with E-state index in [1.807, 2.05) is 51.8 Å². The van der Waals surface area contributed by atoms with Crippen LogP contribution in [0.2, 0.25) is 0 Å². The van der Waals surface area contributed by atoms with Crippen LogP contribution in [0.25, 0.3) is 0 Å². The number of carbonyl (C=O) groups excluding carboxylic acids is 2. The standard InChI is InChI=1S/C19H29N5O2.C4H10O2.C2H6/c1-5-18(16-19(6-2)20-17-26)10-11-21-24(13-9-15-25)14-12-22-23(7-3)8-4;1-5-3-4-6-2;1-2/h5-6,9,11-13,15-17H,2,7-8,10,14H2,1,3-4H3,(H,20,26);3-4H2,1-2H3;1-2H3/b13-9-,18-5-,19-16+,21-11+,22-12-;;. The molecule has 0 unspecified atom stereocenters. The summed E-state index contributed by atoms with van der Waals surface area (Å²) in [5, 5.41) is 14.8. The molecule has 0 heterocycles. The van der Waals surface area contributed by atoms with Crippen LogP contribution in [0.4, 0.5) is 0 Å². The van der Waals surface area contributed by atoms with Crippen molar-refractivity contribution in [1.82, 2.24) is 15.3 Å². The summed E-state index contributed by atoms with van der Waals surface area (Å²) in [5.74, 6) is 0.